The highest BCUT2D eigenvalue weighted by molar-refractivity contribution is 6.33. The lowest BCUT2D eigenvalue weighted by atomic mass is 9.95. The molecular weight excluding hydrogens is 583 g/mol. The zero-order chi connectivity index (χ0) is 30.6. The maximum absolute atomic E-state index is 16.8. The van der Waals surface area contributed by atoms with E-state index in [1.165, 1.54) is 0 Å². The molecule has 44 heavy (non-hydrogen) atoms. The number of nitrogens with zero attached hydrogens (tertiary/aromatic N) is 7. The number of nitriles is 1. The third kappa shape index (κ3) is 4.66. The Hall–Kier alpha value is -3.59. The SMILES string of the molecule is CC.Cc1c(Cl)cc2[nH]nc(C#N)c2c1-c1ncc2c(N3CC4CCC(C3)O4)nc(OCC34CCCN3CCC4)nc2c1F. The van der Waals surface area contributed by atoms with E-state index in [0.29, 0.717) is 58.0 Å². The number of aromatic amines is 1. The van der Waals surface area contributed by atoms with Crippen LogP contribution in [0, 0.1) is 24.1 Å². The number of pyridine rings is 1. The van der Waals surface area contributed by atoms with Gasteiger partial charge in [0.2, 0.25) is 0 Å². The normalized spacial score (nSPS) is 22.2. The third-order valence-electron chi connectivity index (χ3n) is 9.66. The first-order valence-corrected chi connectivity index (χ1v) is 16.0. The van der Waals surface area contributed by atoms with Crippen molar-refractivity contribution in [2.75, 3.05) is 37.7 Å². The quantitative estimate of drug-likeness (QED) is 0.290. The fraction of sp³-hybridized carbons (Fsp3) is 0.531. The number of fused-ring (bicyclic) bond motifs is 5. The van der Waals surface area contributed by atoms with E-state index in [0.717, 1.165) is 51.6 Å². The number of morpholine rings is 1. The second-order valence-electron chi connectivity index (χ2n) is 12.0. The Morgan fingerprint density at radius 3 is 2.61 bits per heavy atom. The topological polar surface area (TPSA) is 116 Å². The van der Waals surface area contributed by atoms with Gasteiger partial charge in [-0.15, -0.1) is 0 Å². The number of halogens is 2. The van der Waals surface area contributed by atoms with Gasteiger partial charge in [-0.3, -0.25) is 15.0 Å². The molecule has 0 amide bonds. The van der Waals surface area contributed by atoms with Crippen molar-refractivity contribution in [2.45, 2.75) is 77.0 Å². The minimum atomic E-state index is -0.615. The average Bonchev–Trinajstić information content (AvgIpc) is 3.81. The van der Waals surface area contributed by atoms with Crippen LogP contribution in [0.1, 0.15) is 63.6 Å². The maximum atomic E-state index is 16.8. The summed E-state index contributed by atoms with van der Waals surface area (Å²) in [4.78, 5) is 18.8. The van der Waals surface area contributed by atoms with Gasteiger partial charge in [0.15, 0.2) is 11.5 Å². The van der Waals surface area contributed by atoms with Crippen LogP contribution in [-0.4, -0.2) is 80.6 Å². The van der Waals surface area contributed by atoms with Crippen molar-refractivity contribution in [3.8, 4) is 23.3 Å². The summed E-state index contributed by atoms with van der Waals surface area (Å²) in [6, 6.07) is 3.95. The minimum absolute atomic E-state index is 0.00299. The predicted octanol–water partition coefficient (Wildman–Crippen LogP) is 5.94. The lowest BCUT2D eigenvalue weighted by Gasteiger charge is -2.34. The molecule has 2 atom stereocenters. The molecule has 230 valence electrons. The lowest BCUT2D eigenvalue weighted by molar-refractivity contribution is 0.0302. The molecule has 4 aromatic rings. The number of benzene rings is 1. The summed E-state index contributed by atoms with van der Waals surface area (Å²) >= 11 is 6.55. The van der Waals surface area contributed by atoms with Gasteiger partial charge in [-0.1, -0.05) is 25.4 Å². The third-order valence-corrected chi connectivity index (χ3v) is 10.1. The van der Waals surface area contributed by atoms with Crippen molar-refractivity contribution in [1.29, 1.82) is 5.26 Å². The molecule has 0 aliphatic carbocycles. The molecule has 3 aromatic heterocycles. The van der Waals surface area contributed by atoms with Crippen LogP contribution in [0.2, 0.25) is 5.02 Å². The highest BCUT2D eigenvalue weighted by atomic mass is 35.5. The second-order valence-corrected chi connectivity index (χ2v) is 12.5. The lowest BCUT2D eigenvalue weighted by Crippen LogP contribution is -2.44. The Morgan fingerprint density at radius 1 is 1.18 bits per heavy atom. The molecule has 1 N–H and O–H groups in total. The number of hydrogen-bond donors (Lipinski definition) is 1. The van der Waals surface area contributed by atoms with E-state index >= 15 is 4.39 Å². The summed E-state index contributed by atoms with van der Waals surface area (Å²) in [5.74, 6) is -0.00940. The van der Waals surface area contributed by atoms with Crippen molar-refractivity contribution in [1.82, 2.24) is 30.0 Å². The fourth-order valence-corrected chi connectivity index (χ4v) is 7.78. The van der Waals surface area contributed by atoms with Crippen molar-refractivity contribution < 1.29 is 13.9 Å². The van der Waals surface area contributed by atoms with Crippen LogP contribution in [0.3, 0.4) is 0 Å². The van der Waals surface area contributed by atoms with Crippen molar-refractivity contribution in [3.63, 3.8) is 0 Å². The van der Waals surface area contributed by atoms with Gasteiger partial charge in [0, 0.05) is 35.3 Å². The first-order chi connectivity index (χ1) is 21.4. The van der Waals surface area contributed by atoms with Crippen LogP contribution in [-0.2, 0) is 4.74 Å². The average molecular weight is 619 g/mol. The zero-order valence-electron chi connectivity index (χ0n) is 25.3. The molecule has 7 heterocycles. The Balaban J connectivity index is 0.00000153. The molecule has 10 nitrogen and oxygen atoms in total. The Bertz CT molecular complexity index is 1770. The zero-order valence-corrected chi connectivity index (χ0v) is 26.0. The van der Waals surface area contributed by atoms with E-state index in [2.05, 4.69) is 36.0 Å². The van der Waals surface area contributed by atoms with Gasteiger partial charge in [0.1, 0.15) is 29.7 Å². The van der Waals surface area contributed by atoms with Gasteiger partial charge in [-0.05, 0) is 70.2 Å². The van der Waals surface area contributed by atoms with Gasteiger partial charge in [0.25, 0.3) is 0 Å². The van der Waals surface area contributed by atoms with Crippen molar-refractivity contribution in [3.05, 3.63) is 34.4 Å². The molecule has 4 aliphatic heterocycles. The summed E-state index contributed by atoms with van der Waals surface area (Å²) in [7, 11) is 0. The Morgan fingerprint density at radius 2 is 1.91 bits per heavy atom. The number of hydrogen-bond acceptors (Lipinski definition) is 9. The first kappa shape index (κ1) is 29.1. The van der Waals surface area contributed by atoms with Crippen LogP contribution >= 0.6 is 11.6 Å². The van der Waals surface area contributed by atoms with E-state index in [1.54, 1.807) is 19.2 Å². The summed E-state index contributed by atoms with van der Waals surface area (Å²) in [5.41, 5.74) is 1.88. The molecule has 12 heteroatoms. The van der Waals surface area contributed by atoms with E-state index < -0.39 is 5.82 Å². The molecule has 2 unspecified atom stereocenters. The Labute approximate surface area is 260 Å². The molecule has 4 saturated heterocycles. The first-order valence-electron chi connectivity index (χ1n) is 15.7. The largest absolute Gasteiger partial charge is 0.461 e. The van der Waals surface area contributed by atoms with E-state index in [-0.39, 0.29) is 40.7 Å². The number of rotatable bonds is 5. The molecular formula is C32H36ClFN8O2. The van der Waals surface area contributed by atoms with Crippen molar-refractivity contribution >= 4 is 39.2 Å². The highest BCUT2D eigenvalue weighted by Crippen LogP contribution is 2.42. The van der Waals surface area contributed by atoms with Gasteiger partial charge in [-0.25, -0.2) is 4.39 Å². The molecule has 0 saturated carbocycles. The molecule has 0 spiro atoms. The molecule has 8 rings (SSSR count). The van der Waals surface area contributed by atoms with Crippen LogP contribution in [0.25, 0.3) is 33.1 Å². The number of H-pyrrole nitrogens is 1. The van der Waals surface area contributed by atoms with E-state index in [9.17, 15) is 5.26 Å². The minimum Gasteiger partial charge on any atom is -0.461 e. The number of nitrogens with one attached hydrogen (secondary N) is 1. The van der Waals surface area contributed by atoms with E-state index in [4.69, 9.17) is 26.1 Å². The summed E-state index contributed by atoms with van der Waals surface area (Å²) < 4.78 is 29.2. The number of ether oxygens (including phenoxy) is 2. The summed E-state index contributed by atoms with van der Waals surface area (Å²) in [5, 5.41) is 18.1. The molecule has 2 bridgehead atoms. The summed E-state index contributed by atoms with van der Waals surface area (Å²) in [6.07, 6.45) is 8.32. The predicted molar refractivity (Wildman–Crippen MR) is 167 cm³/mol. The molecule has 0 radical (unpaired) electrons. The van der Waals surface area contributed by atoms with Crippen molar-refractivity contribution in [2.24, 2.45) is 0 Å². The van der Waals surface area contributed by atoms with Crippen LogP contribution in [0.5, 0.6) is 6.01 Å². The summed E-state index contributed by atoms with van der Waals surface area (Å²) in [6.45, 7) is 9.75. The molecule has 4 fully saturated rings. The standard InChI is InChI=1S/C30H30ClFN8O2.C2H6/c1-16-20(31)10-21-24(22(11-33)38-37-21)23(16)27-25(32)26-19(12-34-27)28(39-13-17-4-5-18(14-39)42-17)36-29(35-26)41-15-30-6-2-8-40(30)9-3-7-30;1-2/h10,12,17-18H,2-9,13-15H2,1H3,(H,37,38);1-2H3. The van der Waals surface area contributed by atoms with Gasteiger partial charge in [-0.2, -0.15) is 20.3 Å². The van der Waals surface area contributed by atoms with Crippen LogP contribution < -0.4 is 9.64 Å². The van der Waals surface area contributed by atoms with Gasteiger partial charge >= 0.3 is 6.01 Å². The van der Waals surface area contributed by atoms with Gasteiger partial charge in [0.05, 0.1) is 28.6 Å². The number of aromatic nitrogens is 5. The second kappa shape index (κ2) is 11.4. The van der Waals surface area contributed by atoms with Crippen LogP contribution in [0.4, 0.5) is 10.2 Å². The smallest absolute Gasteiger partial charge is 0.319 e. The fourth-order valence-electron chi connectivity index (χ4n) is 7.58. The highest BCUT2D eigenvalue weighted by Gasteiger charge is 2.45. The Kier molecular flexibility index (Phi) is 7.55. The number of anilines is 1. The van der Waals surface area contributed by atoms with Crippen LogP contribution in [0.15, 0.2) is 12.3 Å². The monoisotopic (exact) mass is 618 g/mol. The van der Waals surface area contributed by atoms with E-state index in [1.807, 2.05) is 13.8 Å². The molecule has 4 aliphatic rings. The maximum Gasteiger partial charge on any atom is 0.319 e. The molecule has 1 aromatic carbocycles. The van der Waals surface area contributed by atoms with Gasteiger partial charge < -0.3 is 14.4 Å².